The molecule has 0 radical (unpaired) electrons. The van der Waals surface area contributed by atoms with Crippen molar-refractivity contribution in [2.24, 2.45) is 12.8 Å². The summed E-state index contributed by atoms with van der Waals surface area (Å²) in [6.07, 6.45) is 0. The quantitative estimate of drug-likeness (QED) is 0.735. The smallest absolute Gasteiger partial charge is 0.215 e. The van der Waals surface area contributed by atoms with Crippen LogP contribution in [0.25, 0.3) is 0 Å². The molecule has 86 valence electrons. The number of aliphatic hydroxyl groups is 1. The second kappa shape index (κ2) is 4.20. The lowest BCUT2D eigenvalue weighted by atomic mass is 9.83. The molecular weight excluding hydrogens is 194 g/mol. The Morgan fingerprint density at radius 2 is 2.20 bits per heavy atom. The predicted molar refractivity (Wildman–Crippen MR) is 58.0 cm³/mol. The van der Waals surface area contributed by atoms with Gasteiger partial charge in [-0.25, -0.2) is 4.68 Å². The number of nitrogens with two attached hydrogens (primary N) is 1. The molecule has 1 aromatic rings. The highest BCUT2D eigenvalue weighted by Crippen LogP contribution is 2.33. The molecule has 15 heavy (non-hydrogen) atoms. The molecule has 0 aromatic carbocycles. The molecule has 1 unspecified atom stereocenters. The standard InChI is InChI=1S/C10H19N3O2/c1-7-8(10(2,5-11)6-14)9(15-4)13(3)12-7/h14H,5-6,11H2,1-4H3. The summed E-state index contributed by atoms with van der Waals surface area (Å²) in [6, 6.07) is 0. The molecule has 1 rings (SSSR count). The maximum absolute atomic E-state index is 9.42. The van der Waals surface area contributed by atoms with E-state index in [1.165, 1.54) is 0 Å². The molecule has 0 spiro atoms. The third-order valence-corrected chi connectivity index (χ3v) is 2.77. The van der Waals surface area contributed by atoms with Gasteiger partial charge >= 0.3 is 0 Å². The Morgan fingerprint density at radius 1 is 1.60 bits per heavy atom. The number of aromatic nitrogens is 2. The van der Waals surface area contributed by atoms with Gasteiger partial charge in [0.05, 0.1) is 19.4 Å². The van der Waals surface area contributed by atoms with Crippen LogP contribution in [0.3, 0.4) is 0 Å². The fourth-order valence-electron chi connectivity index (χ4n) is 1.81. The van der Waals surface area contributed by atoms with Crippen molar-refractivity contribution in [2.75, 3.05) is 20.3 Å². The first kappa shape index (κ1) is 12.0. The zero-order valence-corrected chi connectivity index (χ0v) is 9.74. The van der Waals surface area contributed by atoms with Crippen LogP contribution in [-0.2, 0) is 12.5 Å². The minimum absolute atomic E-state index is 0.0214. The fraction of sp³-hybridized carbons (Fsp3) is 0.700. The van der Waals surface area contributed by atoms with Gasteiger partial charge in [-0.2, -0.15) is 5.10 Å². The van der Waals surface area contributed by atoms with E-state index in [2.05, 4.69) is 5.10 Å². The highest BCUT2D eigenvalue weighted by atomic mass is 16.5. The summed E-state index contributed by atoms with van der Waals surface area (Å²) >= 11 is 0. The van der Waals surface area contributed by atoms with E-state index >= 15 is 0 Å². The molecule has 0 aliphatic carbocycles. The molecule has 0 amide bonds. The minimum atomic E-state index is -0.496. The molecule has 0 saturated carbocycles. The van der Waals surface area contributed by atoms with Crippen molar-refractivity contribution in [1.29, 1.82) is 0 Å². The van der Waals surface area contributed by atoms with Crippen LogP contribution >= 0.6 is 0 Å². The van der Waals surface area contributed by atoms with E-state index in [9.17, 15) is 5.11 Å². The number of aliphatic hydroxyl groups excluding tert-OH is 1. The second-order valence-electron chi connectivity index (χ2n) is 4.02. The van der Waals surface area contributed by atoms with Crippen molar-refractivity contribution >= 4 is 0 Å². The summed E-state index contributed by atoms with van der Waals surface area (Å²) in [5.74, 6) is 0.662. The summed E-state index contributed by atoms with van der Waals surface area (Å²) < 4.78 is 6.94. The maximum atomic E-state index is 9.42. The number of hydrogen-bond acceptors (Lipinski definition) is 4. The molecule has 0 bridgehead atoms. The van der Waals surface area contributed by atoms with Crippen molar-refractivity contribution in [3.8, 4) is 5.88 Å². The summed E-state index contributed by atoms with van der Waals surface area (Å²) in [7, 11) is 3.40. The van der Waals surface area contributed by atoms with Crippen molar-refractivity contribution in [3.63, 3.8) is 0 Å². The Labute approximate surface area is 89.8 Å². The van der Waals surface area contributed by atoms with Crippen molar-refractivity contribution in [3.05, 3.63) is 11.3 Å². The molecule has 1 heterocycles. The van der Waals surface area contributed by atoms with E-state index in [4.69, 9.17) is 10.5 Å². The van der Waals surface area contributed by atoms with Crippen molar-refractivity contribution in [2.45, 2.75) is 19.3 Å². The lowest BCUT2D eigenvalue weighted by molar-refractivity contribution is 0.205. The van der Waals surface area contributed by atoms with Crippen LogP contribution in [0.15, 0.2) is 0 Å². The second-order valence-corrected chi connectivity index (χ2v) is 4.02. The van der Waals surface area contributed by atoms with Gasteiger partial charge in [0.2, 0.25) is 5.88 Å². The fourth-order valence-corrected chi connectivity index (χ4v) is 1.81. The molecular formula is C10H19N3O2. The van der Waals surface area contributed by atoms with Crippen LogP contribution in [0.5, 0.6) is 5.88 Å². The normalized spacial score (nSPS) is 15.1. The zero-order chi connectivity index (χ0) is 11.6. The number of methoxy groups -OCH3 is 1. The molecule has 0 aliphatic heterocycles. The molecule has 0 fully saturated rings. The summed E-state index contributed by atoms with van der Waals surface area (Å²) in [6.45, 7) is 4.12. The van der Waals surface area contributed by atoms with Crippen LogP contribution in [0, 0.1) is 6.92 Å². The zero-order valence-electron chi connectivity index (χ0n) is 9.74. The molecule has 1 atom stereocenters. The highest BCUT2D eigenvalue weighted by Gasteiger charge is 2.32. The van der Waals surface area contributed by atoms with Crippen molar-refractivity contribution in [1.82, 2.24) is 9.78 Å². The molecule has 5 heteroatoms. The van der Waals surface area contributed by atoms with E-state index in [1.54, 1.807) is 11.8 Å². The van der Waals surface area contributed by atoms with Gasteiger partial charge in [0.15, 0.2) is 0 Å². The predicted octanol–water partition coefficient (Wildman–Crippen LogP) is -0.0542. The molecule has 1 aromatic heterocycles. The van der Waals surface area contributed by atoms with Crippen LogP contribution in [0.2, 0.25) is 0 Å². The number of rotatable bonds is 4. The van der Waals surface area contributed by atoms with E-state index < -0.39 is 5.41 Å². The molecule has 5 nitrogen and oxygen atoms in total. The van der Waals surface area contributed by atoms with Crippen LogP contribution in [0.1, 0.15) is 18.2 Å². The third-order valence-electron chi connectivity index (χ3n) is 2.77. The van der Waals surface area contributed by atoms with Crippen molar-refractivity contribution < 1.29 is 9.84 Å². The van der Waals surface area contributed by atoms with E-state index in [1.807, 2.05) is 20.9 Å². The molecule has 0 saturated heterocycles. The van der Waals surface area contributed by atoms with E-state index in [0.717, 1.165) is 11.3 Å². The third kappa shape index (κ3) is 1.85. The monoisotopic (exact) mass is 213 g/mol. The van der Waals surface area contributed by atoms with E-state index in [0.29, 0.717) is 12.4 Å². The first-order valence-corrected chi connectivity index (χ1v) is 4.89. The van der Waals surface area contributed by atoms with Gasteiger partial charge in [0, 0.05) is 24.6 Å². The van der Waals surface area contributed by atoms with Gasteiger partial charge in [-0.05, 0) is 6.92 Å². The Bertz CT molecular complexity index is 343. The minimum Gasteiger partial charge on any atom is -0.481 e. The number of hydrogen-bond donors (Lipinski definition) is 2. The SMILES string of the molecule is COc1c(C(C)(CN)CO)c(C)nn1C. The largest absolute Gasteiger partial charge is 0.481 e. The highest BCUT2D eigenvalue weighted by molar-refractivity contribution is 5.38. The van der Waals surface area contributed by atoms with Crippen LogP contribution in [-0.4, -0.2) is 35.1 Å². The van der Waals surface area contributed by atoms with Gasteiger partial charge in [0.25, 0.3) is 0 Å². The maximum Gasteiger partial charge on any atom is 0.215 e. The van der Waals surface area contributed by atoms with Crippen LogP contribution in [0.4, 0.5) is 0 Å². The lowest BCUT2D eigenvalue weighted by Gasteiger charge is -2.25. The number of nitrogens with zero attached hydrogens (tertiary/aromatic N) is 2. The van der Waals surface area contributed by atoms with E-state index in [-0.39, 0.29) is 6.61 Å². The van der Waals surface area contributed by atoms with Gasteiger partial charge in [0.1, 0.15) is 0 Å². The summed E-state index contributed by atoms with van der Waals surface area (Å²) in [4.78, 5) is 0. The first-order chi connectivity index (χ1) is 7.00. The summed E-state index contributed by atoms with van der Waals surface area (Å²) in [5, 5.41) is 13.7. The average molecular weight is 213 g/mol. The average Bonchev–Trinajstić information content (AvgIpc) is 2.52. The van der Waals surface area contributed by atoms with Crippen LogP contribution < -0.4 is 10.5 Å². The Hall–Kier alpha value is -1.07. The topological polar surface area (TPSA) is 73.3 Å². The lowest BCUT2D eigenvalue weighted by Crippen LogP contribution is -2.36. The molecule has 0 aliphatic rings. The van der Waals surface area contributed by atoms with Gasteiger partial charge < -0.3 is 15.6 Å². The number of aryl methyl sites for hydroxylation is 2. The summed E-state index contributed by atoms with van der Waals surface area (Å²) in [5.41, 5.74) is 6.93. The number of ether oxygens (including phenoxy) is 1. The molecule has 3 N–H and O–H groups in total. The Balaban J connectivity index is 3.34. The van der Waals surface area contributed by atoms with Gasteiger partial charge in [-0.15, -0.1) is 0 Å². The first-order valence-electron chi connectivity index (χ1n) is 4.89. The van der Waals surface area contributed by atoms with Gasteiger partial charge in [-0.3, -0.25) is 0 Å². The Morgan fingerprint density at radius 3 is 2.60 bits per heavy atom. The Kier molecular flexibility index (Phi) is 3.36. The van der Waals surface area contributed by atoms with Gasteiger partial charge in [-0.1, -0.05) is 6.92 Å².